The molecule has 0 spiro atoms. The molecule has 1 N–H and O–H groups in total. The van der Waals surface area contributed by atoms with Crippen molar-refractivity contribution in [2.24, 2.45) is 0 Å². The average Bonchev–Trinajstić information content (AvgIpc) is 2.62. The first kappa shape index (κ1) is 19.0. The van der Waals surface area contributed by atoms with E-state index in [0.29, 0.717) is 24.7 Å². The molecule has 1 amide bonds. The molecule has 0 saturated heterocycles. The number of nitrogens with zero attached hydrogens (tertiary/aromatic N) is 1. The Bertz CT molecular complexity index is 964. The van der Waals surface area contributed by atoms with Crippen molar-refractivity contribution in [2.45, 2.75) is 13.0 Å². The van der Waals surface area contributed by atoms with E-state index in [4.69, 9.17) is 9.47 Å². The van der Waals surface area contributed by atoms with E-state index in [1.807, 2.05) is 0 Å². The van der Waals surface area contributed by atoms with Gasteiger partial charge in [-0.3, -0.25) is 9.10 Å². The van der Waals surface area contributed by atoms with Crippen LogP contribution < -0.4 is 19.1 Å². The highest BCUT2D eigenvalue weighted by Crippen LogP contribution is 2.35. The van der Waals surface area contributed by atoms with Crippen LogP contribution in [0.5, 0.6) is 11.5 Å². The number of rotatable bonds is 5. The number of anilines is 2. The third-order valence-corrected chi connectivity index (χ3v) is 5.24. The van der Waals surface area contributed by atoms with Crippen molar-refractivity contribution in [2.75, 3.05) is 29.1 Å². The summed E-state index contributed by atoms with van der Waals surface area (Å²) in [7, 11) is -3.81. The second kappa shape index (κ2) is 7.43. The van der Waals surface area contributed by atoms with Crippen LogP contribution in [0.2, 0.25) is 0 Å². The highest BCUT2D eigenvalue weighted by atomic mass is 32.2. The van der Waals surface area contributed by atoms with Gasteiger partial charge in [-0.15, -0.1) is 0 Å². The molecule has 1 aliphatic heterocycles. The molecular formula is C18H19FN2O5S. The lowest BCUT2D eigenvalue weighted by molar-refractivity contribution is -0.116. The minimum Gasteiger partial charge on any atom is -0.486 e. The molecule has 2 aromatic carbocycles. The molecule has 1 atom stereocenters. The van der Waals surface area contributed by atoms with Crippen LogP contribution in [0, 0.1) is 5.82 Å². The number of benzene rings is 2. The van der Waals surface area contributed by atoms with Gasteiger partial charge in [-0.25, -0.2) is 12.8 Å². The number of carbonyl (C=O) groups is 1. The Morgan fingerprint density at radius 2 is 1.81 bits per heavy atom. The number of amides is 1. The van der Waals surface area contributed by atoms with Crippen LogP contribution in [0.25, 0.3) is 0 Å². The molecule has 0 aromatic heterocycles. The molecule has 1 heterocycles. The number of para-hydroxylation sites is 1. The molecule has 7 nitrogen and oxygen atoms in total. The summed E-state index contributed by atoms with van der Waals surface area (Å²) in [4.78, 5) is 12.6. The number of ether oxygens (including phenoxy) is 2. The molecule has 144 valence electrons. The maximum Gasteiger partial charge on any atom is 0.248 e. The summed E-state index contributed by atoms with van der Waals surface area (Å²) in [6, 6.07) is 9.16. The number of nitrogens with one attached hydrogen (secondary N) is 1. The third-order valence-electron chi connectivity index (χ3n) is 4.00. The summed E-state index contributed by atoms with van der Waals surface area (Å²) in [6.45, 7) is 2.18. The summed E-state index contributed by atoms with van der Waals surface area (Å²) in [5, 5.41) is 2.42. The van der Waals surface area contributed by atoms with Crippen LogP contribution in [0.15, 0.2) is 42.5 Å². The van der Waals surface area contributed by atoms with E-state index in [9.17, 15) is 17.6 Å². The van der Waals surface area contributed by atoms with E-state index < -0.39 is 27.8 Å². The highest BCUT2D eigenvalue weighted by molar-refractivity contribution is 7.92. The van der Waals surface area contributed by atoms with Gasteiger partial charge < -0.3 is 14.8 Å². The zero-order valence-corrected chi connectivity index (χ0v) is 15.6. The van der Waals surface area contributed by atoms with E-state index in [1.54, 1.807) is 12.1 Å². The first-order valence-electron chi connectivity index (χ1n) is 8.22. The Kier molecular flexibility index (Phi) is 5.22. The first-order chi connectivity index (χ1) is 12.8. The molecule has 0 aliphatic carbocycles. The minimum atomic E-state index is -3.81. The second-order valence-corrected chi connectivity index (χ2v) is 7.89. The van der Waals surface area contributed by atoms with Crippen molar-refractivity contribution < 1.29 is 27.1 Å². The molecule has 0 bridgehead atoms. The molecule has 2 aromatic rings. The van der Waals surface area contributed by atoms with Crippen molar-refractivity contribution in [3.05, 3.63) is 48.3 Å². The summed E-state index contributed by atoms with van der Waals surface area (Å²) in [5.74, 6) is -0.375. The van der Waals surface area contributed by atoms with Crippen LogP contribution in [0.3, 0.4) is 0 Å². The molecule has 0 saturated carbocycles. The zero-order valence-electron chi connectivity index (χ0n) is 14.8. The Morgan fingerprint density at radius 3 is 2.48 bits per heavy atom. The predicted molar refractivity (Wildman–Crippen MR) is 99.2 cm³/mol. The van der Waals surface area contributed by atoms with E-state index in [0.717, 1.165) is 10.6 Å². The van der Waals surface area contributed by atoms with Crippen molar-refractivity contribution in [3.8, 4) is 11.5 Å². The standard InChI is InChI=1S/C18H19FN2O5S/c1-12(18(22)20-15-6-4-3-5-14(15)19)21(27(2,23)24)13-7-8-16-17(11-13)26-10-9-25-16/h3-8,11-12H,9-10H2,1-2H3,(H,20,22)/t12-/m1/s1. The fourth-order valence-electron chi connectivity index (χ4n) is 2.78. The normalized spacial score (nSPS) is 14.3. The van der Waals surface area contributed by atoms with Gasteiger partial charge >= 0.3 is 0 Å². The van der Waals surface area contributed by atoms with Gasteiger partial charge in [-0.1, -0.05) is 12.1 Å². The number of hydrogen-bond donors (Lipinski definition) is 1. The molecular weight excluding hydrogens is 375 g/mol. The molecule has 0 fully saturated rings. The van der Waals surface area contributed by atoms with Gasteiger partial charge in [0.25, 0.3) is 0 Å². The van der Waals surface area contributed by atoms with Crippen LogP contribution in [0.4, 0.5) is 15.8 Å². The van der Waals surface area contributed by atoms with Crippen LogP contribution in [0.1, 0.15) is 6.92 Å². The number of halogens is 1. The number of hydrogen-bond acceptors (Lipinski definition) is 5. The molecule has 3 rings (SSSR count). The lowest BCUT2D eigenvalue weighted by Gasteiger charge is -2.29. The molecule has 9 heteroatoms. The summed E-state index contributed by atoms with van der Waals surface area (Å²) < 4.78 is 50.4. The van der Waals surface area contributed by atoms with Crippen molar-refractivity contribution >= 4 is 27.3 Å². The monoisotopic (exact) mass is 394 g/mol. The maximum absolute atomic E-state index is 13.8. The average molecular weight is 394 g/mol. The molecule has 27 heavy (non-hydrogen) atoms. The quantitative estimate of drug-likeness (QED) is 0.842. The molecule has 0 unspecified atom stereocenters. The van der Waals surface area contributed by atoms with Gasteiger partial charge in [0.1, 0.15) is 25.1 Å². The zero-order chi connectivity index (χ0) is 19.6. The topological polar surface area (TPSA) is 84.9 Å². The van der Waals surface area contributed by atoms with Crippen LogP contribution in [-0.4, -0.2) is 39.8 Å². The Hall–Kier alpha value is -2.81. The predicted octanol–water partition coefficient (Wildman–Crippen LogP) is 2.39. The molecule has 0 radical (unpaired) electrons. The SMILES string of the molecule is C[C@H](C(=O)Nc1ccccc1F)N(c1ccc2c(c1)OCCO2)S(C)(=O)=O. The van der Waals surface area contributed by atoms with Gasteiger partial charge in [-0.2, -0.15) is 0 Å². The maximum atomic E-state index is 13.8. The summed E-state index contributed by atoms with van der Waals surface area (Å²) in [6.07, 6.45) is 0.997. The molecule has 1 aliphatic rings. The van der Waals surface area contributed by atoms with Crippen molar-refractivity contribution in [3.63, 3.8) is 0 Å². The van der Waals surface area contributed by atoms with E-state index >= 15 is 0 Å². The number of sulfonamides is 1. The van der Waals surface area contributed by atoms with E-state index in [-0.39, 0.29) is 11.4 Å². The van der Waals surface area contributed by atoms with Gasteiger partial charge in [0.15, 0.2) is 11.5 Å². The Morgan fingerprint density at radius 1 is 1.15 bits per heavy atom. The number of fused-ring (bicyclic) bond motifs is 1. The van der Waals surface area contributed by atoms with Gasteiger partial charge in [0.2, 0.25) is 15.9 Å². The first-order valence-corrected chi connectivity index (χ1v) is 10.1. The smallest absolute Gasteiger partial charge is 0.248 e. The Labute approximate surface area is 156 Å². The van der Waals surface area contributed by atoms with Gasteiger partial charge in [0.05, 0.1) is 17.6 Å². The van der Waals surface area contributed by atoms with E-state index in [2.05, 4.69) is 5.32 Å². The number of carbonyl (C=O) groups excluding carboxylic acids is 1. The summed E-state index contributed by atoms with van der Waals surface area (Å²) in [5.41, 5.74) is 0.225. The third kappa shape index (κ3) is 4.13. The lowest BCUT2D eigenvalue weighted by atomic mass is 10.2. The largest absolute Gasteiger partial charge is 0.486 e. The highest BCUT2D eigenvalue weighted by Gasteiger charge is 2.30. The van der Waals surface area contributed by atoms with Crippen LogP contribution in [-0.2, 0) is 14.8 Å². The van der Waals surface area contributed by atoms with Crippen molar-refractivity contribution in [1.29, 1.82) is 0 Å². The fourth-order valence-corrected chi connectivity index (χ4v) is 3.94. The minimum absolute atomic E-state index is 0.0232. The van der Waals surface area contributed by atoms with Gasteiger partial charge in [-0.05, 0) is 31.2 Å². The van der Waals surface area contributed by atoms with E-state index in [1.165, 1.54) is 37.3 Å². The fraction of sp³-hybridized carbons (Fsp3) is 0.278. The van der Waals surface area contributed by atoms with Crippen LogP contribution >= 0.6 is 0 Å². The van der Waals surface area contributed by atoms with Gasteiger partial charge in [0, 0.05) is 6.07 Å². The van der Waals surface area contributed by atoms with Crippen molar-refractivity contribution in [1.82, 2.24) is 0 Å². The summed E-state index contributed by atoms with van der Waals surface area (Å²) >= 11 is 0. The second-order valence-electron chi connectivity index (χ2n) is 6.03. The lowest BCUT2D eigenvalue weighted by Crippen LogP contribution is -2.45. The Balaban J connectivity index is 1.91.